The number of ketones is 1. The third kappa shape index (κ3) is 2.33. The summed E-state index contributed by atoms with van der Waals surface area (Å²) >= 11 is 0. The van der Waals surface area contributed by atoms with E-state index in [1.165, 1.54) is 29.3 Å². The zero-order valence-corrected chi connectivity index (χ0v) is 11.3. The van der Waals surface area contributed by atoms with Crippen LogP contribution in [0.1, 0.15) is 11.6 Å². The van der Waals surface area contributed by atoms with Crippen molar-refractivity contribution in [2.24, 2.45) is 0 Å². The Morgan fingerprint density at radius 1 is 1.00 bits per heavy atom. The van der Waals surface area contributed by atoms with Crippen molar-refractivity contribution in [2.75, 3.05) is 5.01 Å². The third-order valence-corrected chi connectivity index (χ3v) is 3.39. The van der Waals surface area contributed by atoms with Gasteiger partial charge < -0.3 is 0 Å². The van der Waals surface area contributed by atoms with Crippen molar-refractivity contribution in [3.63, 3.8) is 0 Å². The van der Waals surface area contributed by atoms with Gasteiger partial charge in [-0.15, -0.1) is 0 Å². The number of hydrogen-bond donors (Lipinski definition) is 1. The minimum atomic E-state index is -0.839. The molecule has 0 aliphatic carbocycles. The van der Waals surface area contributed by atoms with Crippen LogP contribution in [0.15, 0.2) is 54.6 Å². The zero-order valence-electron chi connectivity index (χ0n) is 11.3. The first kappa shape index (κ1) is 13.9. The lowest BCUT2D eigenvalue weighted by molar-refractivity contribution is -0.384. The van der Waals surface area contributed by atoms with Crippen molar-refractivity contribution in [1.82, 2.24) is 5.43 Å². The predicted molar refractivity (Wildman–Crippen MR) is 77.9 cm³/mol. The molecule has 7 nitrogen and oxygen atoms in total. The molecular formula is C15H11N3O4. The smallest absolute Gasteiger partial charge is 0.286 e. The van der Waals surface area contributed by atoms with E-state index in [0.29, 0.717) is 11.3 Å². The number of benzene rings is 2. The van der Waals surface area contributed by atoms with E-state index in [1.54, 1.807) is 30.3 Å². The molecule has 0 radical (unpaired) electrons. The molecule has 7 heteroatoms. The maximum absolute atomic E-state index is 12.1. The second-order valence-corrected chi connectivity index (χ2v) is 4.75. The van der Waals surface area contributed by atoms with Crippen molar-refractivity contribution in [3.05, 3.63) is 70.3 Å². The average Bonchev–Trinajstić information content (AvgIpc) is 2.84. The van der Waals surface area contributed by atoms with Gasteiger partial charge in [0.15, 0.2) is 0 Å². The number of rotatable bonds is 3. The number of nitro groups is 1. The number of hydrogen-bond acceptors (Lipinski definition) is 5. The highest BCUT2D eigenvalue weighted by Gasteiger charge is 2.40. The molecular weight excluding hydrogens is 286 g/mol. The maximum atomic E-state index is 12.1. The van der Waals surface area contributed by atoms with Gasteiger partial charge in [-0.05, 0) is 17.7 Å². The summed E-state index contributed by atoms with van der Waals surface area (Å²) < 4.78 is 0. The van der Waals surface area contributed by atoms with Crippen LogP contribution in [-0.2, 0) is 9.59 Å². The lowest BCUT2D eigenvalue weighted by Crippen LogP contribution is -2.35. The van der Waals surface area contributed by atoms with E-state index < -0.39 is 22.7 Å². The van der Waals surface area contributed by atoms with Gasteiger partial charge in [0.1, 0.15) is 6.04 Å². The van der Waals surface area contributed by atoms with Crippen LogP contribution in [0.25, 0.3) is 0 Å². The molecule has 2 aromatic rings. The quantitative estimate of drug-likeness (QED) is 0.529. The van der Waals surface area contributed by atoms with Crippen molar-refractivity contribution in [1.29, 1.82) is 0 Å². The first-order chi connectivity index (χ1) is 10.6. The van der Waals surface area contributed by atoms with Gasteiger partial charge in [0.25, 0.3) is 5.69 Å². The molecule has 1 aliphatic heterocycles. The van der Waals surface area contributed by atoms with Gasteiger partial charge in [0.05, 0.1) is 10.6 Å². The number of para-hydroxylation sites is 1. The Bertz CT molecular complexity index is 743. The van der Waals surface area contributed by atoms with Crippen LogP contribution in [0.2, 0.25) is 0 Å². The number of nitrogens with zero attached hydrogens (tertiary/aromatic N) is 2. The average molecular weight is 297 g/mol. The minimum Gasteiger partial charge on any atom is -0.286 e. The Balaban J connectivity index is 1.88. The fraction of sp³-hybridized carbons (Fsp3) is 0.0667. The summed E-state index contributed by atoms with van der Waals surface area (Å²) in [5.74, 6) is -1.26. The summed E-state index contributed by atoms with van der Waals surface area (Å²) in [5, 5.41) is 11.8. The van der Waals surface area contributed by atoms with Crippen LogP contribution in [0.4, 0.5) is 11.4 Å². The molecule has 110 valence electrons. The Kier molecular flexibility index (Phi) is 3.40. The molecule has 1 heterocycles. The topological polar surface area (TPSA) is 92.6 Å². The molecule has 1 atom stereocenters. The number of Topliss-reactive ketones (excluding diaryl/α,β-unsaturated/α-hetero) is 1. The summed E-state index contributed by atoms with van der Waals surface area (Å²) in [6, 6.07) is 13.4. The van der Waals surface area contributed by atoms with Crippen LogP contribution in [0.5, 0.6) is 0 Å². The fourth-order valence-electron chi connectivity index (χ4n) is 2.26. The van der Waals surface area contributed by atoms with Crippen molar-refractivity contribution in [2.45, 2.75) is 6.04 Å². The van der Waals surface area contributed by atoms with Crippen molar-refractivity contribution < 1.29 is 14.5 Å². The second kappa shape index (κ2) is 5.38. The van der Waals surface area contributed by atoms with E-state index in [1.807, 2.05) is 0 Å². The zero-order chi connectivity index (χ0) is 15.7. The number of amides is 1. The van der Waals surface area contributed by atoms with E-state index >= 15 is 0 Å². The van der Waals surface area contributed by atoms with Gasteiger partial charge in [-0.3, -0.25) is 19.7 Å². The van der Waals surface area contributed by atoms with Gasteiger partial charge in [0, 0.05) is 12.1 Å². The van der Waals surface area contributed by atoms with E-state index in [9.17, 15) is 19.7 Å². The summed E-state index contributed by atoms with van der Waals surface area (Å²) in [7, 11) is 0. The van der Waals surface area contributed by atoms with Crippen LogP contribution in [0.3, 0.4) is 0 Å². The van der Waals surface area contributed by atoms with Crippen LogP contribution < -0.4 is 10.4 Å². The SMILES string of the molecule is O=C1C(=O)N(c2ccccc2)NC1c1ccc([N+](=O)[O-])cc1. The maximum Gasteiger partial charge on any atom is 0.310 e. The number of anilines is 1. The molecule has 1 unspecified atom stereocenters. The summed E-state index contributed by atoms with van der Waals surface area (Å²) in [4.78, 5) is 34.3. The predicted octanol–water partition coefficient (Wildman–Crippen LogP) is 1.76. The summed E-state index contributed by atoms with van der Waals surface area (Å²) in [6.45, 7) is 0. The first-order valence-electron chi connectivity index (χ1n) is 6.52. The number of hydrazine groups is 1. The Morgan fingerprint density at radius 3 is 2.23 bits per heavy atom. The summed E-state index contributed by atoms with van der Waals surface area (Å²) in [6.07, 6.45) is 0. The number of nitro benzene ring substituents is 1. The normalized spacial score (nSPS) is 17.8. The lowest BCUT2D eigenvalue weighted by Gasteiger charge is -2.16. The second-order valence-electron chi connectivity index (χ2n) is 4.75. The van der Waals surface area contributed by atoms with E-state index in [4.69, 9.17) is 0 Å². The Hall–Kier alpha value is -3.06. The van der Waals surface area contributed by atoms with Gasteiger partial charge in [0.2, 0.25) is 5.78 Å². The molecule has 0 aromatic heterocycles. The highest BCUT2D eigenvalue weighted by molar-refractivity contribution is 6.45. The van der Waals surface area contributed by atoms with Gasteiger partial charge in [-0.25, -0.2) is 10.4 Å². The molecule has 0 bridgehead atoms. The van der Waals surface area contributed by atoms with E-state index in [2.05, 4.69) is 5.43 Å². The Morgan fingerprint density at radius 2 is 1.64 bits per heavy atom. The van der Waals surface area contributed by atoms with Crippen LogP contribution in [-0.4, -0.2) is 16.6 Å². The molecule has 0 spiro atoms. The van der Waals surface area contributed by atoms with Gasteiger partial charge in [-0.2, -0.15) is 0 Å². The lowest BCUT2D eigenvalue weighted by atomic mass is 10.0. The van der Waals surface area contributed by atoms with E-state index in [0.717, 1.165) is 0 Å². The van der Waals surface area contributed by atoms with Gasteiger partial charge in [-0.1, -0.05) is 30.3 Å². The molecule has 1 saturated heterocycles. The number of nitrogens with one attached hydrogen (secondary N) is 1. The fourth-order valence-corrected chi connectivity index (χ4v) is 2.26. The van der Waals surface area contributed by atoms with Crippen LogP contribution in [0, 0.1) is 10.1 Å². The largest absolute Gasteiger partial charge is 0.310 e. The molecule has 1 fully saturated rings. The molecule has 0 saturated carbocycles. The highest BCUT2D eigenvalue weighted by Crippen LogP contribution is 2.26. The molecule has 1 aliphatic rings. The molecule has 1 N–H and O–H groups in total. The summed E-state index contributed by atoms with van der Waals surface area (Å²) in [5.41, 5.74) is 3.83. The molecule has 3 rings (SSSR count). The third-order valence-electron chi connectivity index (χ3n) is 3.39. The first-order valence-corrected chi connectivity index (χ1v) is 6.52. The Labute approximate surface area is 125 Å². The number of non-ortho nitro benzene ring substituents is 1. The minimum absolute atomic E-state index is 0.0690. The van der Waals surface area contributed by atoms with Gasteiger partial charge >= 0.3 is 5.91 Å². The van der Waals surface area contributed by atoms with E-state index in [-0.39, 0.29) is 5.69 Å². The monoisotopic (exact) mass is 297 g/mol. The molecule has 2 aromatic carbocycles. The van der Waals surface area contributed by atoms with Crippen molar-refractivity contribution in [3.8, 4) is 0 Å². The molecule has 1 amide bonds. The molecule has 22 heavy (non-hydrogen) atoms. The number of carbonyl (C=O) groups excluding carboxylic acids is 2. The van der Waals surface area contributed by atoms with Crippen molar-refractivity contribution >= 4 is 23.1 Å². The number of carbonyl (C=O) groups is 2. The standard InChI is InChI=1S/C15H11N3O4/c19-14-13(10-6-8-12(9-7-10)18(21)22)16-17(15(14)20)11-4-2-1-3-5-11/h1-9,13,16H. The highest BCUT2D eigenvalue weighted by atomic mass is 16.6. The van der Waals surface area contributed by atoms with Crippen LogP contribution >= 0.6 is 0 Å².